The lowest BCUT2D eigenvalue weighted by atomic mass is 10.2. The third-order valence-electron chi connectivity index (χ3n) is 4.55. The molecule has 5 aromatic rings. The van der Waals surface area contributed by atoms with Gasteiger partial charge in [-0.15, -0.1) is 10.2 Å². The van der Waals surface area contributed by atoms with Gasteiger partial charge in [-0.1, -0.05) is 0 Å². The van der Waals surface area contributed by atoms with Crippen molar-refractivity contribution in [2.45, 2.75) is 6.61 Å². The van der Waals surface area contributed by atoms with Gasteiger partial charge in [0.25, 0.3) is 0 Å². The lowest BCUT2D eigenvalue weighted by Gasteiger charge is -2.09. The van der Waals surface area contributed by atoms with Crippen molar-refractivity contribution in [1.29, 1.82) is 0 Å². The molecule has 0 aliphatic heterocycles. The van der Waals surface area contributed by atoms with Gasteiger partial charge in [0, 0.05) is 35.6 Å². The van der Waals surface area contributed by atoms with Crippen molar-refractivity contribution in [3.8, 4) is 22.8 Å². The van der Waals surface area contributed by atoms with Crippen LogP contribution in [-0.4, -0.2) is 36.9 Å². The van der Waals surface area contributed by atoms with E-state index in [1.165, 1.54) is 0 Å². The molecule has 0 spiro atoms. The molecular formula is C21H16N6O2. The van der Waals surface area contributed by atoms with Crippen LogP contribution in [0.4, 0.5) is 0 Å². The summed E-state index contributed by atoms with van der Waals surface area (Å²) in [6.45, 7) is 0.218. The van der Waals surface area contributed by atoms with Gasteiger partial charge in [0.2, 0.25) is 0 Å². The molecule has 4 heterocycles. The Labute approximate surface area is 165 Å². The van der Waals surface area contributed by atoms with E-state index in [0.29, 0.717) is 17.2 Å². The SMILES string of the molecule is COc1ccc2c(OCc3nnc4ccc(-c5cccnc5)nn34)ccnc2c1. The summed E-state index contributed by atoms with van der Waals surface area (Å²) in [5.74, 6) is 2.06. The first-order chi connectivity index (χ1) is 14.3. The van der Waals surface area contributed by atoms with E-state index in [1.54, 1.807) is 30.2 Å². The third kappa shape index (κ3) is 3.20. The molecule has 0 aliphatic carbocycles. The first kappa shape index (κ1) is 17.1. The van der Waals surface area contributed by atoms with E-state index in [9.17, 15) is 0 Å². The molecular weight excluding hydrogens is 368 g/mol. The van der Waals surface area contributed by atoms with E-state index in [1.807, 2.05) is 48.5 Å². The first-order valence-electron chi connectivity index (χ1n) is 8.99. The van der Waals surface area contributed by atoms with Crippen LogP contribution in [0.5, 0.6) is 11.5 Å². The van der Waals surface area contributed by atoms with Crippen molar-refractivity contribution in [3.05, 3.63) is 72.9 Å². The van der Waals surface area contributed by atoms with Gasteiger partial charge in [0.15, 0.2) is 11.5 Å². The molecule has 5 rings (SSSR count). The predicted octanol–water partition coefficient (Wildman–Crippen LogP) is 3.32. The van der Waals surface area contributed by atoms with Gasteiger partial charge in [0.1, 0.15) is 18.1 Å². The van der Waals surface area contributed by atoms with Crippen LogP contribution in [0, 0.1) is 0 Å². The Balaban J connectivity index is 1.46. The number of rotatable bonds is 5. The second kappa shape index (κ2) is 7.16. The summed E-state index contributed by atoms with van der Waals surface area (Å²) in [6, 6.07) is 15.1. The highest BCUT2D eigenvalue weighted by molar-refractivity contribution is 5.85. The van der Waals surface area contributed by atoms with Crippen LogP contribution >= 0.6 is 0 Å². The molecule has 0 fully saturated rings. The molecule has 8 nitrogen and oxygen atoms in total. The Kier molecular flexibility index (Phi) is 4.21. The fourth-order valence-electron chi connectivity index (χ4n) is 3.09. The Morgan fingerprint density at radius 2 is 1.97 bits per heavy atom. The number of ether oxygens (including phenoxy) is 2. The number of hydrogen-bond acceptors (Lipinski definition) is 7. The van der Waals surface area contributed by atoms with E-state index in [2.05, 4.69) is 25.3 Å². The molecule has 0 aliphatic rings. The Morgan fingerprint density at radius 1 is 1.00 bits per heavy atom. The van der Waals surface area contributed by atoms with Gasteiger partial charge in [-0.2, -0.15) is 9.61 Å². The standard InChI is InChI=1S/C21H16N6O2/c1-28-15-4-5-16-18(11-15)23-10-8-19(16)29-13-21-25-24-20-7-6-17(26-27(20)21)14-3-2-9-22-12-14/h2-12H,13H2,1H3. The van der Waals surface area contributed by atoms with Crippen molar-refractivity contribution in [2.24, 2.45) is 0 Å². The largest absolute Gasteiger partial charge is 0.497 e. The number of pyridine rings is 2. The van der Waals surface area contributed by atoms with Gasteiger partial charge in [-0.05, 0) is 42.5 Å². The van der Waals surface area contributed by atoms with Crippen LogP contribution in [0.2, 0.25) is 0 Å². The predicted molar refractivity (Wildman–Crippen MR) is 107 cm³/mol. The maximum Gasteiger partial charge on any atom is 0.192 e. The number of hydrogen-bond donors (Lipinski definition) is 0. The summed E-state index contributed by atoms with van der Waals surface area (Å²) in [7, 11) is 1.63. The zero-order chi connectivity index (χ0) is 19.6. The smallest absolute Gasteiger partial charge is 0.192 e. The van der Waals surface area contributed by atoms with Crippen LogP contribution < -0.4 is 9.47 Å². The highest BCUT2D eigenvalue weighted by Gasteiger charge is 2.11. The van der Waals surface area contributed by atoms with Gasteiger partial charge >= 0.3 is 0 Å². The van der Waals surface area contributed by atoms with E-state index in [4.69, 9.17) is 9.47 Å². The first-order valence-corrected chi connectivity index (χ1v) is 8.99. The Morgan fingerprint density at radius 3 is 2.83 bits per heavy atom. The van der Waals surface area contributed by atoms with Crippen molar-refractivity contribution in [2.75, 3.05) is 7.11 Å². The van der Waals surface area contributed by atoms with Crippen molar-refractivity contribution in [3.63, 3.8) is 0 Å². The molecule has 142 valence electrons. The van der Waals surface area contributed by atoms with Gasteiger partial charge < -0.3 is 9.47 Å². The molecule has 4 aromatic heterocycles. The van der Waals surface area contributed by atoms with Crippen LogP contribution in [0.15, 0.2) is 67.1 Å². The quantitative estimate of drug-likeness (QED) is 0.459. The van der Waals surface area contributed by atoms with E-state index in [-0.39, 0.29) is 6.61 Å². The topological polar surface area (TPSA) is 87.3 Å². The van der Waals surface area contributed by atoms with E-state index < -0.39 is 0 Å². The lowest BCUT2D eigenvalue weighted by molar-refractivity contribution is 0.296. The fraction of sp³-hybridized carbons (Fsp3) is 0.0952. The second-order valence-electron chi connectivity index (χ2n) is 6.33. The maximum atomic E-state index is 6.03. The monoisotopic (exact) mass is 384 g/mol. The summed E-state index contributed by atoms with van der Waals surface area (Å²) >= 11 is 0. The Bertz CT molecular complexity index is 1300. The zero-order valence-corrected chi connectivity index (χ0v) is 15.6. The molecule has 0 amide bonds. The molecule has 0 saturated carbocycles. The van der Waals surface area contributed by atoms with E-state index >= 15 is 0 Å². The van der Waals surface area contributed by atoms with Gasteiger partial charge in [0.05, 0.1) is 18.3 Å². The molecule has 0 bridgehead atoms. The molecule has 0 unspecified atom stereocenters. The lowest BCUT2D eigenvalue weighted by Crippen LogP contribution is -2.05. The van der Waals surface area contributed by atoms with Crippen LogP contribution in [0.25, 0.3) is 27.8 Å². The third-order valence-corrected chi connectivity index (χ3v) is 4.55. The summed E-state index contributed by atoms with van der Waals surface area (Å²) in [6.07, 6.45) is 5.21. The van der Waals surface area contributed by atoms with Gasteiger partial charge in [-0.3, -0.25) is 9.97 Å². The van der Waals surface area contributed by atoms with E-state index in [0.717, 1.165) is 27.9 Å². The van der Waals surface area contributed by atoms with Gasteiger partial charge in [-0.25, -0.2) is 0 Å². The number of aromatic nitrogens is 6. The molecule has 0 saturated heterocycles. The van der Waals surface area contributed by atoms with Crippen molar-refractivity contribution >= 4 is 16.6 Å². The average Bonchev–Trinajstić information content (AvgIpc) is 3.20. The molecule has 0 N–H and O–H groups in total. The molecule has 29 heavy (non-hydrogen) atoms. The zero-order valence-electron chi connectivity index (χ0n) is 15.6. The minimum absolute atomic E-state index is 0.218. The number of benzene rings is 1. The number of fused-ring (bicyclic) bond motifs is 2. The number of nitrogens with zero attached hydrogens (tertiary/aromatic N) is 6. The average molecular weight is 384 g/mol. The minimum Gasteiger partial charge on any atom is -0.497 e. The van der Waals surface area contributed by atoms with Crippen molar-refractivity contribution in [1.82, 2.24) is 29.8 Å². The van der Waals surface area contributed by atoms with Crippen LogP contribution in [0.1, 0.15) is 5.82 Å². The van der Waals surface area contributed by atoms with Crippen LogP contribution in [-0.2, 0) is 6.61 Å². The molecule has 8 heteroatoms. The highest BCUT2D eigenvalue weighted by Crippen LogP contribution is 2.27. The minimum atomic E-state index is 0.218. The highest BCUT2D eigenvalue weighted by atomic mass is 16.5. The summed E-state index contributed by atoms with van der Waals surface area (Å²) in [5.41, 5.74) is 3.16. The second-order valence-corrected chi connectivity index (χ2v) is 6.33. The molecule has 0 atom stereocenters. The van der Waals surface area contributed by atoms with Crippen LogP contribution in [0.3, 0.4) is 0 Å². The molecule has 1 aromatic carbocycles. The molecule has 0 radical (unpaired) electrons. The summed E-state index contributed by atoms with van der Waals surface area (Å²) in [5, 5.41) is 13.9. The maximum absolute atomic E-state index is 6.03. The normalized spacial score (nSPS) is 11.1. The number of methoxy groups -OCH3 is 1. The fourth-order valence-corrected chi connectivity index (χ4v) is 3.09. The Hall–Kier alpha value is -4.07. The summed E-state index contributed by atoms with van der Waals surface area (Å²) < 4.78 is 13.0. The summed E-state index contributed by atoms with van der Waals surface area (Å²) in [4.78, 5) is 8.53. The van der Waals surface area contributed by atoms with Crippen molar-refractivity contribution < 1.29 is 9.47 Å².